The monoisotopic (exact) mass is 376 g/mol. The summed E-state index contributed by atoms with van der Waals surface area (Å²) in [5.74, 6) is -0.0902. The maximum atomic E-state index is 12.3. The number of rotatable bonds is 7. The Balaban J connectivity index is 1.87. The van der Waals surface area contributed by atoms with Gasteiger partial charge in [0.15, 0.2) is 5.82 Å². The first kappa shape index (κ1) is 19.0. The standard InChI is InChI=1S/C21H20N4O3/c1-2-28-21(27)17-13-24-19(16-6-4-3-5-7-16)25-20(17)23-12-14-8-10-15(11-9-14)18(22)26/h3-11,13H,2,12H2,1H3,(H2,22,26)(H,23,24,25). The summed E-state index contributed by atoms with van der Waals surface area (Å²) >= 11 is 0. The fraction of sp³-hybridized carbons (Fsp3) is 0.143. The summed E-state index contributed by atoms with van der Waals surface area (Å²) in [5, 5.41) is 3.16. The van der Waals surface area contributed by atoms with Crippen LogP contribution in [-0.4, -0.2) is 28.5 Å². The number of nitrogens with two attached hydrogens (primary N) is 1. The molecule has 0 unspecified atom stereocenters. The lowest BCUT2D eigenvalue weighted by molar-refractivity contribution is 0.0526. The average molecular weight is 376 g/mol. The van der Waals surface area contributed by atoms with Crippen LogP contribution in [0, 0.1) is 0 Å². The van der Waals surface area contributed by atoms with E-state index in [0.29, 0.717) is 23.8 Å². The van der Waals surface area contributed by atoms with Crippen LogP contribution in [0.2, 0.25) is 0 Å². The second kappa shape index (κ2) is 8.77. The Kier molecular flexibility index (Phi) is 5.96. The second-order valence-electron chi connectivity index (χ2n) is 5.96. The highest BCUT2D eigenvalue weighted by Gasteiger charge is 2.16. The predicted molar refractivity (Wildman–Crippen MR) is 106 cm³/mol. The van der Waals surface area contributed by atoms with Crippen molar-refractivity contribution in [1.29, 1.82) is 0 Å². The molecule has 0 saturated carbocycles. The molecule has 2 aromatic carbocycles. The van der Waals surface area contributed by atoms with Crippen molar-refractivity contribution in [3.63, 3.8) is 0 Å². The quantitative estimate of drug-likeness (QED) is 0.614. The maximum Gasteiger partial charge on any atom is 0.343 e. The molecule has 1 heterocycles. The number of anilines is 1. The number of esters is 1. The van der Waals surface area contributed by atoms with E-state index in [9.17, 15) is 9.59 Å². The van der Waals surface area contributed by atoms with Crippen LogP contribution in [-0.2, 0) is 11.3 Å². The van der Waals surface area contributed by atoms with Gasteiger partial charge in [0.1, 0.15) is 11.4 Å². The van der Waals surface area contributed by atoms with E-state index in [4.69, 9.17) is 10.5 Å². The highest BCUT2D eigenvalue weighted by atomic mass is 16.5. The fourth-order valence-electron chi connectivity index (χ4n) is 2.57. The van der Waals surface area contributed by atoms with Crippen LogP contribution in [0.15, 0.2) is 60.8 Å². The van der Waals surface area contributed by atoms with Gasteiger partial charge in [0.25, 0.3) is 0 Å². The average Bonchev–Trinajstić information content (AvgIpc) is 2.73. The molecule has 0 saturated heterocycles. The summed E-state index contributed by atoms with van der Waals surface area (Å²) in [7, 11) is 0. The van der Waals surface area contributed by atoms with Crippen LogP contribution >= 0.6 is 0 Å². The SMILES string of the molecule is CCOC(=O)c1cnc(-c2ccccc2)nc1NCc1ccc(C(N)=O)cc1. The highest BCUT2D eigenvalue weighted by Crippen LogP contribution is 2.20. The maximum absolute atomic E-state index is 12.3. The number of ether oxygens (including phenoxy) is 1. The molecule has 0 radical (unpaired) electrons. The predicted octanol–water partition coefficient (Wildman–Crippen LogP) is 3.03. The molecule has 3 aromatic rings. The molecule has 3 N–H and O–H groups in total. The van der Waals surface area contributed by atoms with E-state index < -0.39 is 11.9 Å². The number of aromatic nitrogens is 2. The second-order valence-corrected chi connectivity index (χ2v) is 5.96. The molecular weight excluding hydrogens is 356 g/mol. The molecule has 1 aromatic heterocycles. The Morgan fingerprint density at radius 3 is 2.43 bits per heavy atom. The topological polar surface area (TPSA) is 107 Å². The molecule has 7 nitrogen and oxygen atoms in total. The first-order valence-electron chi connectivity index (χ1n) is 8.80. The number of carbonyl (C=O) groups excluding carboxylic acids is 2. The van der Waals surface area contributed by atoms with E-state index in [2.05, 4.69) is 15.3 Å². The molecule has 142 valence electrons. The Labute approximate surface area is 162 Å². The Hall–Kier alpha value is -3.74. The van der Waals surface area contributed by atoms with E-state index in [1.807, 2.05) is 30.3 Å². The van der Waals surface area contributed by atoms with Crippen LogP contribution in [0.25, 0.3) is 11.4 Å². The Morgan fingerprint density at radius 1 is 1.07 bits per heavy atom. The molecule has 0 aliphatic rings. The van der Waals surface area contributed by atoms with Gasteiger partial charge in [0.05, 0.1) is 6.61 Å². The molecule has 0 fully saturated rings. The van der Waals surface area contributed by atoms with E-state index in [1.54, 1.807) is 31.2 Å². The molecule has 7 heteroatoms. The first-order chi connectivity index (χ1) is 13.6. The minimum Gasteiger partial charge on any atom is -0.462 e. The zero-order chi connectivity index (χ0) is 19.9. The minimum absolute atomic E-state index is 0.257. The van der Waals surface area contributed by atoms with Crippen LogP contribution in [0.5, 0.6) is 0 Å². The number of nitrogens with zero attached hydrogens (tertiary/aromatic N) is 2. The number of benzene rings is 2. The van der Waals surface area contributed by atoms with Crippen molar-refractivity contribution in [3.8, 4) is 11.4 Å². The third-order valence-electron chi connectivity index (χ3n) is 4.01. The number of primary amides is 1. The zero-order valence-corrected chi connectivity index (χ0v) is 15.4. The fourth-order valence-corrected chi connectivity index (χ4v) is 2.57. The van der Waals surface area contributed by atoms with E-state index in [1.165, 1.54) is 6.20 Å². The zero-order valence-electron chi connectivity index (χ0n) is 15.4. The van der Waals surface area contributed by atoms with Gasteiger partial charge in [-0.2, -0.15) is 0 Å². The highest BCUT2D eigenvalue weighted by molar-refractivity contribution is 5.94. The van der Waals surface area contributed by atoms with Gasteiger partial charge in [-0.05, 0) is 24.6 Å². The van der Waals surface area contributed by atoms with Crippen LogP contribution in [0.4, 0.5) is 5.82 Å². The lowest BCUT2D eigenvalue weighted by Gasteiger charge is -2.12. The summed E-state index contributed by atoms with van der Waals surface area (Å²) in [6.45, 7) is 2.40. The van der Waals surface area contributed by atoms with Gasteiger partial charge in [0.2, 0.25) is 5.91 Å². The molecule has 3 rings (SSSR count). The van der Waals surface area contributed by atoms with Gasteiger partial charge in [-0.3, -0.25) is 4.79 Å². The molecule has 28 heavy (non-hydrogen) atoms. The van der Waals surface area contributed by atoms with E-state index >= 15 is 0 Å². The third kappa shape index (κ3) is 4.50. The van der Waals surface area contributed by atoms with Crippen molar-refractivity contribution < 1.29 is 14.3 Å². The summed E-state index contributed by atoms with van der Waals surface area (Å²) in [4.78, 5) is 32.2. The van der Waals surface area contributed by atoms with Gasteiger partial charge in [0, 0.05) is 23.9 Å². The van der Waals surface area contributed by atoms with Gasteiger partial charge >= 0.3 is 5.97 Å². The number of hydrogen-bond donors (Lipinski definition) is 2. The van der Waals surface area contributed by atoms with Gasteiger partial charge in [-0.15, -0.1) is 0 Å². The summed E-state index contributed by atoms with van der Waals surface area (Å²) in [5.41, 5.74) is 7.70. The summed E-state index contributed by atoms with van der Waals surface area (Å²) in [6.07, 6.45) is 1.46. The molecule has 0 atom stereocenters. The van der Waals surface area contributed by atoms with Crippen molar-refractivity contribution in [2.45, 2.75) is 13.5 Å². The van der Waals surface area contributed by atoms with Crippen LogP contribution < -0.4 is 11.1 Å². The lowest BCUT2D eigenvalue weighted by Crippen LogP contribution is -2.13. The van der Waals surface area contributed by atoms with Crippen molar-refractivity contribution >= 4 is 17.7 Å². The third-order valence-corrected chi connectivity index (χ3v) is 4.01. The largest absolute Gasteiger partial charge is 0.462 e. The summed E-state index contributed by atoms with van der Waals surface area (Å²) in [6, 6.07) is 16.4. The summed E-state index contributed by atoms with van der Waals surface area (Å²) < 4.78 is 5.10. The molecule has 0 aliphatic carbocycles. The van der Waals surface area contributed by atoms with E-state index in [-0.39, 0.29) is 12.2 Å². The van der Waals surface area contributed by atoms with E-state index in [0.717, 1.165) is 11.1 Å². The van der Waals surface area contributed by atoms with Gasteiger partial charge < -0.3 is 15.8 Å². The smallest absolute Gasteiger partial charge is 0.343 e. The first-order valence-corrected chi connectivity index (χ1v) is 8.80. The molecule has 0 bridgehead atoms. The minimum atomic E-state index is -0.492. The lowest BCUT2D eigenvalue weighted by atomic mass is 10.1. The molecule has 0 aliphatic heterocycles. The van der Waals surface area contributed by atoms with Gasteiger partial charge in [-0.25, -0.2) is 14.8 Å². The number of amides is 1. The molecule has 0 spiro atoms. The van der Waals surface area contributed by atoms with Gasteiger partial charge in [-0.1, -0.05) is 42.5 Å². The number of hydrogen-bond acceptors (Lipinski definition) is 6. The number of carbonyl (C=O) groups is 2. The van der Waals surface area contributed by atoms with Crippen LogP contribution in [0.1, 0.15) is 33.2 Å². The molecular formula is C21H20N4O3. The van der Waals surface area contributed by atoms with Crippen molar-refractivity contribution in [3.05, 3.63) is 77.5 Å². The Bertz CT molecular complexity index is 973. The molecule has 1 amide bonds. The van der Waals surface area contributed by atoms with Crippen molar-refractivity contribution in [1.82, 2.24) is 9.97 Å². The van der Waals surface area contributed by atoms with Crippen LogP contribution in [0.3, 0.4) is 0 Å². The normalized spacial score (nSPS) is 10.3. The Morgan fingerprint density at radius 2 is 1.79 bits per heavy atom. The number of nitrogens with one attached hydrogen (secondary N) is 1. The van der Waals surface area contributed by atoms with Crippen molar-refractivity contribution in [2.24, 2.45) is 5.73 Å². The van der Waals surface area contributed by atoms with Crippen molar-refractivity contribution in [2.75, 3.05) is 11.9 Å².